The fraction of sp³-hybridized carbons (Fsp3) is 0.333. The molecule has 90 valence electrons. The highest BCUT2D eigenvalue weighted by Gasteiger charge is 2.16. The first-order valence-electron chi connectivity index (χ1n) is 5.39. The van der Waals surface area contributed by atoms with Crippen LogP contribution in [0.25, 0.3) is 11.0 Å². The van der Waals surface area contributed by atoms with E-state index in [1.807, 2.05) is 42.8 Å². The highest BCUT2D eigenvalue weighted by Crippen LogP contribution is 2.18. The third-order valence-corrected chi connectivity index (χ3v) is 2.73. The van der Waals surface area contributed by atoms with Crippen molar-refractivity contribution in [2.24, 2.45) is 7.05 Å². The maximum Gasteiger partial charge on any atom is 0.407 e. The van der Waals surface area contributed by atoms with Crippen LogP contribution in [0.4, 0.5) is 4.79 Å². The number of imidazole rings is 1. The van der Waals surface area contributed by atoms with Gasteiger partial charge in [-0.15, -0.1) is 0 Å². The van der Waals surface area contributed by atoms with Crippen molar-refractivity contribution in [3.8, 4) is 0 Å². The number of fused-ring (bicyclic) bond motifs is 1. The zero-order valence-electron chi connectivity index (χ0n) is 10.1. The molecule has 0 bridgehead atoms. The van der Waals surface area contributed by atoms with E-state index in [4.69, 9.17) is 0 Å². The molecule has 1 aromatic heterocycles. The van der Waals surface area contributed by atoms with E-state index in [9.17, 15) is 4.79 Å². The van der Waals surface area contributed by atoms with Crippen LogP contribution in [0.5, 0.6) is 0 Å². The molecule has 0 saturated heterocycles. The van der Waals surface area contributed by atoms with Gasteiger partial charge in [-0.2, -0.15) is 0 Å². The summed E-state index contributed by atoms with van der Waals surface area (Å²) in [6.45, 7) is 1.87. The van der Waals surface area contributed by atoms with Crippen molar-refractivity contribution in [2.75, 3.05) is 7.11 Å². The normalized spacial score (nSPS) is 12.4. The number of hydrogen-bond acceptors (Lipinski definition) is 3. The van der Waals surface area contributed by atoms with Gasteiger partial charge in [0.1, 0.15) is 5.82 Å². The second kappa shape index (κ2) is 4.45. The molecular weight excluding hydrogens is 218 g/mol. The number of alkyl carbamates (subject to hydrolysis) is 1. The van der Waals surface area contributed by atoms with E-state index in [-0.39, 0.29) is 6.04 Å². The Kier molecular flexibility index (Phi) is 2.99. The number of rotatable bonds is 2. The second-order valence-corrected chi connectivity index (χ2v) is 3.88. The van der Waals surface area contributed by atoms with Crippen LogP contribution in [0.3, 0.4) is 0 Å². The van der Waals surface area contributed by atoms with E-state index in [0.29, 0.717) is 0 Å². The fourth-order valence-electron chi connectivity index (χ4n) is 1.85. The highest BCUT2D eigenvalue weighted by atomic mass is 16.5. The maximum atomic E-state index is 11.2. The number of para-hydroxylation sites is 2. The SMILES string of the molecule is COC(=O)N[C@H](C)c1nc2ccccc2n1C. The number of nitrogens with zero attached hydrogens (tertiary/aromatic N) is 2. The third kappa shape index (κ3) is 2.08. The number of nitrogens with one attached hydrogen (secondary N) is 1. The molecule has 1 amide bonds. The summed E-state index contributed by atoms with van der Waals surface area (Å²) in [6, 6.07) is 7.66. The predicted molar refractivity (Wildman–Crippen MR) is 64.7 cm³/mol. The van der Waals surface area contributed by atoms with Crippen LogP contribution in [0, 0.1) is 0 Å². The fourth-order valence-corrected chi connectivity index (χ4v) is 1.85. The van der Waals surface area contributed by atoms with Crippen LogP contribution >= 0.6 is 0 Å². The number of benzene rings is 1. The monoisotopic (exact) mass is 233 g/mol. The molecule has 17 heavy (non-hydrogen) atoms. The summed E-state index contributed by atoms with van der Waals surface area (Å²) >= 11 is 0. The molecule has 5 nitrogen and oxygen atoms in total. The van der Waals surface area contributed by atoms with Crippen LogP contribution in [-0.4, -0.2) is 22.8 Å². The smallest absolute Gasteiger partial charge is 0.407 e. The average Bonchev–Trinajstić information content (AvgIpc) is 2.67. The standard InChI is InChI=1S/C12H15N3O2/c1-8(13-12(16)17-3)11-14-9-6-4-5-7-10(9)15(11)2/h4-8H,1-3H3,(H,13,16)/t8-/m1/s1. The highest BCUT2D eigenvalue weighted by molar-refractivity contribution is 5.76. The van der Waals surface area contributed by atoms with Gasteiger partial charge in [0.15, 0.2) is 0 Å². The largest absolute Gasteiger partial charge is 0.453 e. The number of carbonyl (C=O) groups excluding carboxylic acids is 1. The Balaban J connectivity index is 2.35. The van der Waals surface area contributed by atoms with Crippen molar-refractivity contribution in [2.45, 2.75) is 13.0 Å². The van der Waals surface area contributed by atoms with Gasteiger partial charge >= 0.3 is 6.09 Å². The van der Waals surface area contributed by atoms with Crippen molar-refractivity contribution >= 4 is 17.1 Å². The minimum Gasteiger partial charge on any atom is -0.453 e. The predicted octanol–water partition coefficient (Wildman–Crippen LogP) is 1.99. The van der Waals surface area contributed by atoms with Gasteiger partial charge in [-0.1, -0.05) is 12.1 Å². The quantitative estimate of drug-likeness (QED) is 0.863. The summed E-state index contributed by atoms with van der Waals surface area (Å²) < 4.78 is 6.54. The molecule has 0 radical (unpaired) electrons. The van der Waals surface area contributed by atoms with E-state index < -0.39 is 6.09 Å². The Labute approximate surface area is 99.4 Å². The molecule has 0 aliphatic carbocycles. The van der Waals surface area contributed by atoms with Crippen LogP contribution in [0.15, 0.2) is 24.3 Å². The molecule has 0 spiro atoms. The molecule has 1 atom stereocenters. The van der Waals surface area contributed by atoms with Gasteiger partial charge in [0.2, 0.25) is 0 Å². The lowest BCUT2D eigenvalue weighted by molar-refractivity contribution is 0.167. The van der Waals surface area contributed by atoms with Crippen molar-refractivity contribution in [1.29, 1.82) is 0 Å². The average molecular weight is 233 g/mol. The molecule has 5 heteroatoms. The Bertz CT molecular complexity index is 548. The summed E-state index contributed by atoms with van der Waals surface area (Å²) in [5.74, 6) is 0.802. The Hall–Kier alpha value is -2.04. The van der Waals surface area contributed by atoms with Crippen LogP contribution in [0.1, 0.15) is 18.8 Å². The van der Waals surface area contributed by atoms with Gasteiger partial charge < -0.3 is 14.6 Å². The van der Waals surface area contributed by atoms with E-state index >= 15 is 0 Å². The molecule has 0 saturated carbocycles. The Morgan fingerprint density at radius 1 is 1.47 bits per heavy atom. The molecule has 0 unspecified atom stereocenters. The molecule has 1 heterocycles. The van der Waals surface area contributed by atoms with Gasteiger partial charge in [0.25, 0.3) is 0 Å². The van der Waals surface area contributed by atoms with Gasteiger partial charge in [-0.25, -0.2) is 9.78 Å². The summed E-state index contributed by atoms with van der Waals surface area (Å²) in [5, 5.41) is 2.70. The molecular formula is C12H15N3O2. The van der Waals surface area contributed by atoms with E-state index in [2.05, 4.69) is 15.0 Å². The lowest BCUT2D eigenvalue weighted by Gasteiger charge is -2.12. The van der Waals surface area contributed by atoms with Crippen LogP contribution in [0.2, 0.25) is 0 Å². The first-order valence-corrected chi connectivity index (χ1v) is 5.39. The first-order chi connectivity index (χ1) is 8.13. The van der Waals surface area contributed by atoms with Crippen LogP contribution in [-0.2, 0) is 11.8 Å². The first kappa shape index (κ1) is 11.4. The zero-order chi connectivity index (χ0) is 12.4. The van der Waals surface area contributed by atoms with Crippen molar-refractivity contribution in [3.63, 3.8) is 0 Å². The van der Waals surface area contributed by atoms with Crippen molar-refractivity contribution < 1.29 is 9.53 Å². The number of methoxy groups -OCH3 is 1. The molecule has 0 fully saturated rings. The molecule has 2 aromatic rings. The molecule has 0 aliphatic rings. The number of aromatic nitrogens is 2. The summed E-state index contributed by atoms with van der Waals surface area (Å²) in [7, 11) is 3.27. The molecule has 1 N–H and O–H groups in total. The van der Waals surface area contributed by atoms with E-state index in [0.717, 1.165) is 16.9 Å². The number of ether oxygens (including phenoxy) is 1. The topological polar surface area (TPSA) is 56.1 Å². The van der Waals surface area contributed by atoms with Gasteiger partial charge in [0.05, 0.1) is 24.2 Å². The minimum absolute atomic E-state index is 0.195. The molecule has 2 rings (SSSR count). The maximum absolute atomic E-state index is 11.2. The number of amides is 1. The molecule has 0 aliphatic heterocycles. The second-order valence-electron chi connectivity index (χ2n) is 3.88. The van der Waals surface area contributed by atoms with Gasteiger partial charge in [-0.3, -0.25) is 0 Å². The number of aryl methyl sites for hydroxylation is 1. The lowest BCUT2D eigenvalue weighted by atomic mass is 10.3. The van der Waals surface area contributed by atoms with Gasteiger partial charge in [-0.05, 0) is 19.1 Å². The van der Waals surface area contributed by atoms with Crippen LogP contribution < -0.4 is 5.32 Å². The van der Waals surface area contributed by atoms with E-state index in [1.54, 1.807) is 0 Å². The Morgan fingerprint density at radius 3 is 2.82 bits per heavy atom. The summed E-state index contributed by atoms with van der Waals surface area (Å²) in [5.41, 5.74) is 1.96. The minimum atomic E-state index is -0.454. The van der Waals surface area contributed by atoms with Gasteiger partial charge in [0, 0.05) is 7.05 Å². The van der Waals surface area contributed by atoms with Crippen molar-refractivity contribution in [3.05, 3.63) is 30.1 Å². The van der Waals surface area contributed by atoms with E-state index in [1.165, 1.54) is 7.11 Å². The summed E-state index contributed by atoms with van der Waals surface area (Å²) in [6.07, 6.45) is -0.454. The third-order valence-electron chi connectivity index (χ3n) is 2.73. The van der Waals surface area contributed by atoms with Crippen molar-refractivity contribution in [1.82, 2.24) is 14.9 Å². The number of hydrogen-bond donors (Lipinski definition) is 1. The number of carbonyl (C=O) groups is 1. The lowest BCUT2D eigenvalue weighted by Crippen LogP contribution is -2.28. The zero-order valence-corrected chi connectivity index (χ0v) is 10.1. The Morgan fingerprint density at radius 2 is 2.18 bits per heavy atom. The molecule has 1 aromatic carbocycles. The summed E-state index contributed by atoms with van der Waals surface area (Å²) in [4.78, 5) is 15.6.